The van der Waals surface area contributed by atoms with Gasteiger partial charge in [0.15, 0.2) is 0 Å². The molecule has 2 rings (SSSR count). The first-order valence-electron chi connectivity index (χ1n) is 5.61. The maximum atomic E-state index is 13.5. The molecule has 0 unspecified atom stereocenters. The molecule has 0 amide bonds. The summed E-state index contributed by atoms with van der Waals surface area (Å²) in [6.45, 7) is 2.76. The number of halogens is 1. The van der Waals surface area contributed by atoms with Crippen LogP contribution in [0.25, 0.3) is 0 Å². The van der Waals surface area contributed by atoms with Crippen molar-refractivity contribution in [1.29, 1.82) is 0 Å². The molecule has 5 heteroatoms. The molecule has 4 nitrogen and oxygen atoms in total. The molecular formula is C12H15FN4. The summed E-state index contributed by atoms with van der Waals surface area (Å²) in [6, 6.07) is 6.68. The van der Waals surface area contributed by atoms with Crippen LogP contribution in [0.3, 0.4) is 0 Å². The molecule has 0 aliphatic rings. The Hall–Kier alpha value is -1.75. The minimum atomic E-state index is -0.223. The SMILES string of the molecule is CCc1c(CN)nnn1Cc1ccccc1F. The van der Waals surface area contributed by atoms with Crippen LogP contribution in [-0.4, -0.2) is 15.0 Å². The quantitative estimate of drug-likeness (QED) is 0.871. The van der Waals surface area contributed by atoms with Crippen LogP contribution in [0.2, 0.25) is 0 Å². The van der Waals surface area contributed by atoms with Crippen LogP contribution >= 0.6 is 0 Å². The first-order valence-corrected chi connectivity index (χ1v) is 5.61. The van der Waals surface area contributed by atoms with Crippen LogP contribution in [0.5, 0.6) is 0 Å². The molecule has 1 aromatic heterocycles. The molecular weight excluding hydrogens is 219 g/mol. The molecule has 0 saturated heterocycles. The zero-order chi connectivity index (χ0) is 12.3. The van der Waals surface area contributed by atoms with Crippen molar-refractivity contribution in [2.24, 2.45) is 5.73 Å². The van der Waals surface area contributed by atoms with Gasteiger partial charge in [0, 0.05) is 12.1 Å². The first kappa shape index (κ1) is 11.7. The molecule has 90 valence electrons. The van der Waals surface area contributed by atoms with Gasteiger partial charge in [-0.25, -0.2) is 9.07 Å². The summed E-state index contributed by atoms with van der Waals surface area (Å²) in [4.78, 5) is 0. The fourth-order valence-corrected chi connectivity index (χ4v) is 1.83. The zero-order valence-electron chi connectivity index (χ0n) is 9.73. The lowest BCUT2D eigenvalue weighted by molar-refractivity contribution is 0.567. The fraction of sp³-hybridized carbons (Fsp3) is 0.333. The summed E-state index contributed by atoms with van der Waals surface area (Å²) >= 11 is 0. The molecule has 0 atom stereocenters. The summed E-state index contributed by atoms with van der Waals surface area (Å²) in [6.07, 6.45) is 0.786. The van der Waals surface area contributed by atoms with E-state index in [-0.39, 0.29) is 5.82 Å². The summed E-state index contributed by atoms with van der Waals surface area (Å²) < 4.78 is 15.2. The number of hydrogen-bond acceptors (Lipinski definition) is 3. The lowest BCUT2D eigenvalue weighted by atomic mass is 10.2. The average molecular weight is 234 g/mol. The molecule has 0 bridgehead atoms. The van der Waals surface area contributed by atoms with Gasteiger partial charge in [-0.05, 0) is 12.5 Å². The smallest absolute Gasteiger partial charge is 0.128 e. The van der Waals surface area contributed by atoms with E-state index in [4.69, 9.17) is 5.73 Å². The Morgan fingerprint density at radius 1 is 1.35 bits per heavy atom. The fourth-order valence-electron chi connectivity index (χ4n) is 1.83. The third kappa shape index (κ3) is 2.34. The van der Waals surface area contributed by atoms with Gasteiger partial charge in [0.25, 0.3) is 0 Å². The van der Waals surface area contributed by atoms with E-state index in [0.717, 1.165) is 17.8 Å². The second kappa shape index (κ2) is 5.05. The minimum absolute atomic E-state index is 0.223. The van der Waals surface area contributed by atoms with E-state index < -0.39 is 0 Å². The van der Waals surface area contributed by atoms with Gasteiger partial charge in [0.1, 0.15) is 5.82 Å². The van der Waals surface area contributed by atoms with E-state index >= 15 is 0 Å². The highest BCUT2D eigenvalue weighted by molar-refractivity contribution is 5.19. The molecule has 1 aromatic carbocycles. The summed E-state index contributed by atoms with van der Waals surface area (Å²) in [7, 11) is 0. The summed E-state index contributed by atoms with van der Waals surface area (Å²) in [5.74, 6) is -0.223. The second-order valence-electron chi connectivity index (χ2n) is 3.79. The lowest BCUT2D eigenvalue weighted by Crippen LogP contribution is -2.09. The van der Waals surface area contributed by atoms with Crippen molar-refractivity contribution in [2.45, 2.75) is 26.4 Å². The number of benzene rings is 1. The average Bonchev–Trinajstić information content (AvgIpc) is 2.74. The van der Waals surface area contributed by atoms with Crippen LogP contribution in [0, 0.1) is 5.82 Å². The van der Waals surface area contributed by atoms with Crippen LogP contribution in [0.4, 0.5) is 4.39 Å². The lowest BCUT2D eigenvalue weighted by Gasteiger charge is -2.06. The van der Waals surface area contributed by atoms with Crippen molar-refractivity contribution in [1.82, 2.24) is 15.0 Å². The van der Waals surface area contributed by atoms with E-state index in [0.29, 0.717) is 18.7 Å². The van der Waals surface area contributed by atoms with Crippen molar-refractivity contribution in [3.63, 3.8) is 0 Å². The van der Waals surface area contributed by atoms with Gasteiger partial charge in [0.2, 0.25) is 0 Å². The van der Waals surface area contributed by atoms with Crippen LogP contribution in [0.1, 0.15) is 23.9 Å². The van der Waals surface area contributed by atoms with Crippen molar-refractivity contribution in [3.05, 3.63) is 47.0 Å². The maximum Gasteiger partial charge on any atom is 0.128 e. The van der Waals surface area contributed by atoms with E-state index in [1.807, 2.05) is 13.0 Å². The molecule has 0 radical (unpaired) electrons. The highest BCUT2D eigenvalue weighted by Crippen LogP contribution is 2.12. The molecule has 0 saturated carbocycles. The van der Waals surface area contributed by atoms with Gasteiger partial charge >= 0.3 is 0 Å². The molecule has 0 aliphatic heterocycles. The van der Waals surface area contributed by atoms with Crippen molar-refractivity contribution in [3.8, 4) is 0 Å². The van der Waals surface area contributed by atoms with Gasteiger partial charge in [-0.2, -0.15) is 0 Å². The Kier molecular flexibility index (Phi) is 3.49. The van der Waals surface area contributed by atoms with Gasteiger partial charge in [-0.15, -0.1) is 5.10 Å². The highest BCUT2D eigenvalue weighted by Gasteiger charge is 2.11. The first-order chi connectivity index (χ1) is 8.26. The predicted octanol–water partition coefficient (Wildman–Crippen LogP) is 1.49. The van der Waals surface area contributed by atoms with Crippen molar-refractivity contribution in [2.75, 3.05) is 0 Å². The van der Waals surface area contributed by atoms with Crippen molar-refractivity contribution < 1.29 is 4.39 Å². The molecule has 2 aromatic rings. The Morgan fingerprint density at radius 2 is 2.12 bits per heavy atom. The Labute approximate surface area is 99.2 Å². The topological polar surface area (TPSA) is 56.7 Å². The van der Waals surface area contributed by atoms with Crippen LogP contribution in [0.15, 0.2) is 24.3 Å². The third-order valence-electron chi connectivity index (χ3n) is 2.72. The van der Waals surface area contributed by atoms with Gasteiger partial charge in [-0.3, -0.25) is 0 Å². The number of nitrogens with zero attached hydrogens (tertiary/aromatic N) is 3. The maximum absolute atomic E-state index is 13.5. The van der Waals surface area contributed by atoms with Crippen LogP contribution in [-0.2, 0) is 19.5 Å². The molecule has 0 aliphatic carbocycles. The third-order valence-corrected chi connectivity index (χ3v) is 2.72. The Morgan fingerprint density at radius 3 is 2.76 bits per heavy atom. The Balaban J connectivity index is 2.30. The van der Waals surface area contributed by atoms with Gasteiger partial charge in [0.05, 0.1) is 17.9 Å². The molecule has 0 spiro atoms. The van der Waals surface area contributed by atoms with E-state index in [2.05, 4.69) is 10.3 Å². The Bertz CT molecular complexity index is 507. The van der Waals surface area contributed by atoms with Gasteiger partial charge < -0.3 is 5.73 Å². The van der Waals surface area contributed by atoms with E-state index in [1.165, 1.54) is 6.07 Å². The number of hydrogen-bond donors (Lipinski definition) is 1. The minimum Gasteiger partial charge on any atom is -0.325 e. The zero-order valence-corrected chi connectivity index (χ0v) is 9.73. The van der Waals surface area contributed by atoms with Crippen LogP contribution < -0.4 is 5.73 Å². The highest BCUT2D eigenvalue weighted by atomic mass is 19.1. The molecule has 17 heavy (non-hydrogen) atoms. The largest absolute Gasteiger partial charge is 0.325 e. The second-order valence-corrected chi connectivity index (χ2v) is 3.79. The molecule has 0 fully saturated rings. The summed E-state index contributed by atoms with van der Waals surface area (Å²) in [5.41, 5.74) is 7.93. The number of aromatic nitrogens is 3. The molecule has 2 N–H and O–H groups in total. The van der Waals surface area contributed by atoms with E-state index in [9.17, 15) is 4.39 Å². The monoisotopic (exact) mass is 234 g/mol. The number of rotatable bonds is 4. The standard InChI is InChI=1S/C12H15FN4/c1-2-12-11(7-14)15-16-17(12)8-9-5-3-4-6-10(9)13/h3-6H,2,7-8,14H2,1H3. The molecule has 1 heterocycles. The van der Waals surface area contributed by atoms with Gasteiger partial charge in [-0.1, -0.05) is 30.3 Å². The van der Waals surface area contributed by atoms with E-state index in [1.54, 1.807) is 16.8 Å². The van der Waals surface area contributed by atoms with Crippen molar-refractivity contribution >= 4 is 0 Å². The number of nitrogens with two attached hydrogens (primary N) is 1. The summed E-state index contributed by atoms with van der Waals surface area (Å²) in [5, 5.41) is 8.01. The normalized spacial score (nSPS) is 10.8. The predicted molar refractivity (Wildman–Crippen MR) is 62.8 cm³/mol.